The van der Waals surface area contributed by atoms with E-state index >= 15 is 0 Å². The highest BCUT2D eigenvalue weighted by Gasteiger charge is 2.44. The molecule has 112 valence electrons. The molecule has 2 aliphatic rings. The Hall–Kier alpha value is -2.22. The molecule has 3 atom stereocenters. The van der Waals surface area contributed by atoms with Gasteiger partial charge in [-0.05, 0) is 24.8 Å². The summed E-state index contributed by atoms with van der Waals surface area (Å²) in [4.78, 5) is 28.1. The van der Waals surface area contributed by atoms with E-state index in [4.69, 9.17) is 5.73 Å². The summed E-state index contributed by atoms with van der Waals surface area (Å²) in [6.45, 7) is 0.962. The standard InChI is InChI=1S/C13H16N4O4/c14-12-3-8(10(4-15-12)17(20)21)13(19)16-5-7-1-2-11(18)9(7)6-16/h3-4,7,9,11,18H,1-2,5-6H2,(H2,14,15). The normalized spacial score (nSPS) is 27.7. The Balaban J connectivity index is 1.86. The second-order valence-corrected chi connectivity index (χ2v) is 5.66. The summed E-state index contributed by atoms with van der Waals surface area (Å²) in [5.74, 6) is 0.00940. The second-order valence-electron chi connectivity index (χ2n) is 5.66. The maximum Gasteiger partial charge on any atom is 0.300 e. The molecule has 2 heterocycles. The molecule has 0 radical (unpaired) electrons. The number of likely N-dealkylation sites (tertiary alicyclic amines) is 1. The fraction of sp³-hybridized carbons (Fsp3) is 0.538. The Labute approximate surface area is 120 Å². The summed E-state index contributed by atoms with van der Waals surface area (Å²) in [6.07, 6.45) is 2.27. The summed E-state index contributed by atoms with van der Waals surface area (Å²) < 4.78 is 0. The van der Waals surface area contributed by atoms with Crippen molar-refractivity contribution in [2.75, 3.05) is 18.8 Å². The highest BCUT2D eigenvalue weighted by molar-refractivity contribution is 5.98. The molecule has 8 nitrogen and oxygen atoms in total. The van der Waals surface area contributed by atoms with Crippen molar-refractivity contribution in [3.8, 4) is 0 Å². The van der Waals surface area contributed by atoms with Crippen molar-refractivity contribution in [3.05, 3.63) is 27.9 Å². The maximum atomic E-state index is 12.5. The lowest BCUT2D eigenvalue weighted by Gasteiger charge is -2.18. The van der Waals surface area contributed by atoms with Crippen LogP contribution in [0.1, 0.15) is 23.2 Å². The van der Waals surface area contributed by atoms with E-state index in [1.54, 1.807) is 4.90 Å². The SMILES string of the molecule is Nc1cc(C(=O)N2CC3CCC(O)C3C2)c([N+](=O)[O-])cn1. The van der Waals surface area contributed by atoms with Gasteiger partial charge in [0, 0.05) is 19.0 Å². The van der Waals surface area contributed by atoms with Crippen LogP contribution in [0.3, 0.4) is 0 Å². The molecule has 0 bridgehead atoms. The third-order valence-corrected chi connectivity index (χ3v) is 4.44. The number of aromatic nitrogens is 1. The van der Waals surface area contributed by atoms with Gasteiger partial charge >= 0.3 is 0 Å². The molecule has 21 heavy (non-hydrogen) atoms. The van der Waals surface area contributed by atoms with Crippen molar-refractivity contribution >= 4 is 17.4 Å². The Morgan fingerprint density at radius 2 is 2.24 bits per heavy atom. The first kappa shape index (κ1) is 13.7. The summed E-state index contributed by atoms with van der Waals surface area (Å²) in [5.41, 5.74) is 5.15. The van der Waals surface area contributed by atoms with E-state index in [9.17, 15) is 20.0 Å². The lowest BCUT2D eigenvalue weighted by atomic mass is 10.00. The van der Waals surface area contributed by atoms with Gasteiger partial charge in [0.1, 0.15) is 17.6 Å². The molecule has 8 heteroatoms. The van der Waals surface area contributed by atoms with Gasteiger partial charge in [0.15, 0.2) is 0 Å². The van der Waals surface area contributed by atoms with E-state index in [1.807, 2.05) is 0 Å². The molecule has 3 rings (SSSR count). The third kappa shape index (κ3) is 2.31. The molecule has 1 aromatic rings. The molecule has 1 saturated carbocycles. The number of aliphatic hydroxyl groups is 1. The number of nitrogen functional groups attached to an aromatic ring is 1. The number of amides is 1. The van der Waals surface area contributed by atoms with E-state index < -0.39 is 10.8 Å². The fourth-order valence-electron chi connectivity index (χ4n) is 3.35. The number of hydrogen-bond acceptors (Lipinski definition) is 6. The van der Waals surface area contributed by atoms with E-state index in [0.717, 1.165) is 19.0 Å². The van der Waals surface area contributed by atoms with Crippen LogP contribution in [0.25, 0.3) is 0 Å². The minimum absolute atomic E-state index is 0.0398. The molecule has 0 spiro atoms. The average molecular weight is 292 g/mol. The Kier molecular flexibility index (Phi) is 3.25. The van der Waals surface area contributed by atoms with Crippen LogP contribution < -0.4 is 5.73 Å². The molecule has 1 aromatic heterocycles. The zero-order valence-corrected chi connectivity index (χ0v) is 11.3. The molecule has 1 aliphatic heterocycles. The smallest absolute Gasteiger partial charge is 0.300 e. The predicted molar refractivity (Wildman–Crippen MR) is 73.4 cm³/mol. The number of carbonyl (C=O) groups excluding carboxylic acids is 1. The predicted octanol–water partition coefficient (Wildman–Crippen LogP) is 0.415. The van der Waals surface area contributed by atoms with Crippen LogP contribution in [0.2, 0.25) is 0 Å². The first-order valence-electron chi connectivity index (χ1n) is 6.84. The zero-order chi connectivity index (χ0) is 15.1. The lowest BCUT2D eigenvalue weighted by molar-refractivity contribution is -0.385. The number of hydrogen-bond donors (Lipinski definition) is 2. The minimum Gasteiger partial charge on any atom is -0.393 e. The van der Waals surface area contributed by atoms with Crippen LogP contribution >= 0.6 is 0 Å². The number of nitrogens with two attached hydrogens (primary N) is 1. The van der Waals surface area contributed by atoms with Crippen LogP contribution in [0.15, 0.2) is 12.3 Å². The zero-order valence-electron chi connectivity index (χ0n) is 11.3. The number of pyridine rings is 1. The number of nitrogens with zero attached hydrogens (tertiary/aromatic N) is 3. The number of aliphatic hydroxyl groups excluding tert-OH is 1. The average Bonchev–Trinajstić information content (AvgIpc) is 3.00. The van der Waals surface area contributed by atoms with Crippen molar-refractivity contribution < 1.29 is 14.8 Å². The van der Waals surface area contributed by atoms with Crippen LogP contribution in [-0.2, 0) is 0 Å². The Morgan fingerprint density at radius 1 is 1.48 bits per heavy atom. The number of nitro groups is 1. The number of fused-ring (bicyclic) bond motifs is 1. The monoisotopic (exact) mass is 292 g/mol. The fourth-order valence-corrected chi connectivity index (χ4v) is 3.35. The van der Waals surface area contributed by atoms with Gasteiger partial charge in [-0.15, -0.1) is 0 Å². The van der Waals surface area contributed by atoms with Gasteiger partial charge in [0.25, 0.3) is 11.6 Å². The topological polar surface area (TPSA) is 123 Å². The summed E-state index contributed by atoms with van der Waals surface area (Å²) in [6, 6.07) is 1.24. The van der Waals surface area contributed by atoms with Gasteiger partial charge in [-0.1, -0.05) is 0 Å². The van der Waals surface area contributed by atoms with Crippen molar-refractivity contribution in [1.82, 2.24) is 9.88 Å². The van der Waals surface area contributed by atoms with Crippen LogP contribution in [-0.4, -0.2) is 45.0 Å². The van der Waals surface area contributed by atoms with Gasteiger partial charge in [0.05, 0.1) is 11.0 Å². The Morgan fingerprint density at radius 3 is 2.90 bits per heavy atom. The second kappa shape index (κ2) is 4.96. The van der Waals surface area contributed by atoms with Crippen molar-refractivity contribution in [2.45, 2.75) is 18.9 Å². The molecule has 1 aliphatic carbocycles. The summed E-state index contributed by atoms with van der Waals surface area (Å²) in [7, 11) is 0. The molecule has 1 saturated heterocycles. The van der Waals surface area contributed by atoms with Gasteiger partial charge in [-0.25, -0.2) is 4.98 Å². The first-order valence-corrected chi connectivity index (χ1v) is 6.84. The quantitative estimate of drug-likeness (QED) is 0.601. The summed E-state index contributed by atoms with van der Waals surface area (Å²) >= 11 is 0. The molecule has 3 N–H and O–H groups in total. The van der Waals surface area contributed by atoms with Gasteiger partial charge in [-0.2, -0.15) is 0 Å². The van der Waals surface area contributed by atoms with Gasteiger partial charge in [-0.3, -0.25) is 14.9 Å². The van der Waals surface area contributed by atoms with E-state index in [2.05, 4.69) is 4.98 Å². The molecule has 3 unspecified atom stereocenters. The van der Waals surface area contributed by atoms with E-state index in [1.165, 1.54) is 6.07 Å². The van der Waals surface area contributed by atoms with Gasteiger partial charge < -0.3 is 15.7 Å². The van der Waals surface area contributed by atoms with Crippen molar-refractivity contribution in [1.29, 1.82) is 0 Å². The Bertz CT molecular complexity index is 606. The molecule has 2 fully saturated rings. The van der Waals surface area contributed by atoms with Crippen LogP contribution in [0, 0.1) is 22.0 Å². The first-order chi connectivity index (χ1) is 9.97. The number of anilines is 1. The highest BCUT2D eigenvalue weighted by atomic mass is 16.6. The van der Waals surface area contributed by atoms with Crippen molar-refractivity contribution in [3.63, 3.8) is 0 Å². The van der Waals surface area contributed by atoms with Gasteiger partial charge in [0.2, 0.25) is 0 Å². The molecular weight excluding hydrogens is 276 g/mol. The summed E-state index contributed by atoms with van der Waals surface area (Å²) in [5, 5.41) is 20.9. The van der Waals surface area contributed by atoms with Crippen molar-refractivity contribution in [2.24, 2.45) is 11.8 Å². The van der Waals surface area contributed by atoms with Crippen LogP contribution in [0.5, 0.6) is 0 Å². The number of carbonyl (C=O) groups is 1. The molecule has 1 amide bonds. The van der Waals surface area contributed by atoms with E-state index in [-0.39, 0.29) is 35.0 Å². The van der Waals surface area contributed by atoms with Crippen LogP contribution in [0.4, 0.5) is 11.5 Å². The maximum absolute atomic E-state index is 12.5. The highest BCUT2D eigenvalue weighted by Crippen LogP contribution is 2.39. The third-order valence-electron chi connectivity index (χ3n) is 4.44. The number of rotatable bonds is 2. The largest absolute Gasteiger partial charge is 0.393 e. The molecular formula is C13H16N4O4. The minimum atomic E-state index is -0.634. The van der Waals surface area contributed by atoms with E-state index in [0.29, 0.717) is 13.1 Å². The molecule has 0 aromatic carbocycles. The lowest BCUT2D eigenvalue weighted by Crippen LogP contribution is -2.31.